The fourth-order valence-corrected chi connectivity index (χ4v) is 3.40. The molecule has 1 rings (SSSR count). The topological polar surface area (TPSA) is 89.3 Å². The first-order valence-corrected chi connectivity index (χ1v) is 9.82. The average Bonchev–Trinajstić information content (AvgIpc) is 2.53. The summed E-state index contributed by atoms with van der Waals surface area (Å²) in [5, 5.41) is 14.0. The molecule has 6 nitrogen and oxygen atoms in total. The number of nitrogens with zero attached hydrogens (tertiary/aromatic N) is 1. The van der Waals surface area contributed by atoms with Crippen molar-refractivity contribution < 1.29 is 13.3 Å². The molecule has 0 fully saturated rings. The van der Waals surface area contributed by atoms with Crippen molar-refractivity contribution in [3.63, 3.8) is 0 Å². The lowest BCUT2D eigenvalue weighted by atomic mass is 10.1. The highest BCUT2D eigenvalue weighted by Gasteiger charge is 2.20. The van der Waals surface area contributed by atoms with E-state index in [0.29, 0.717) is 12.2 Å². The van der Waals surface area contributed by atoms with Gasteiger partial charge in [0.1, 0.15) is 0 Å². The van der Waals surface area contributed by atoms with Gasteiger partial charge in [0.15, 0.2) is 9.84 Å². The molecule has 0 atom stereocenters. The quantitative estimate of drug-likeness (QED) is 0.370. The number of hydrogen-bond acceptors (Lipinski definition) is 5. The third-order valence-corrected chi connectivity index (χ3v) is 5.50. The number of anilines is 1. The average molecular weight is 342 g/mol. The van der Waals surface area contributed by atoms with Crippen LogP contribution in [0.5, 0.6) is 0 Å². The summed E-state index contributed by atoms with van der Waals surface area (Å²) in [6.07, 6.45) is 6.90. The third kappa shape index (κ3) is 6.17. The molecule has 130 valence electrons. The van der Waals surface area contributed by atoms with E-state index in [1.54, 1.807) is 0 Å². The molecule has 23 heavy (non-hydrogen) atoms. The number of non-ortho nitro benzene ring substituents is 1. The Kier molecular flexibility index (Phi) is 8.02. The lowest BCUT2D eigenvalue weighted by Crippen LogP contribution is -2.10. The standard InChI is InChI=1S/C16H26N2O4S/c1-3-5-6-7-8-9-12-17-15-11-10-14(18(19)20)13-16(15)23(21,22)4-2/h10-11,13,17H,3-9,12H2,1-2H3. The second-order valence-electron chi connectivity index (χ2n) is 5.54. The number of benzene rings is 1. The van der Waals surface area contributed by atoms with Gasteiger partial charge in [0.05, 0.1) is 21.3 Å². The molecule has 1 N–H and O–H groups in total. The Balaban J connectivity index is 2.72. The van der Waals surface area contributed by atoms with Gasteiger partial charge in [-0.15, -0.1) is 0 Å². The van der Waals surface area contributed by atoms with Crippen molar-refractivity contribution in [2.75, 3.05) is 17.6 Å². The Labute approximate surface area is 138 Å². The highest BCUT2D eigenvalue weighted by molar-refractivity contribution is 7.91. The van der Waals surface area contributed by atoms with Crippen LogP contribution in [0.4, 0.5) is 11.4 Å². The molecule has 1 aromatic rings. The predicted molar refractivity (Wildman–Crippen MR) is 92.7 cm³/mol. The summed E-state index contributed by atoms with van der Waals surface area (Å²) in [6.45, 7) is 4.37. The molecule has 7 heteroatoms. The summed E-state index contributed by atoms with van der Waals surface area (Å²) in [7, 11) is -3.51. The van der Waals surface area contributed by atoms with Crippen molar-refractivity contribution in [1.29, 1.82) is 0 Å². The molecule has 1 aromatic carbocycles. The zero-order valence-electron chi connectivity index (χ0n) is 13.9. The first kappa shape index (κ1) is 19.4. The monoisotopic (exact) mass is 342 g/mol. The van der Waals surface area contributed by atoms with E-state index < -0.39 is 14.8 Å². The first-order chi connectivity index (χ1) is 10.9. The molecule has 0 bridgehead atoms. The fraction of sp³-hybridized carbons (Fsp3) is 0.625. The van der Waals surface area contributed by atoms with Crippen molar-refractivity contribution in [2.24, 2.45) is 0 Å². The van der Waals surface area contributed by atoms with Crippen LogP contribution in [0.1, 0.15) is 52.4 Å². The number of nitro benzene ring substituents is 1. The first-order valence-electron chi connectivity index (χ1n) is 8.17. The van der Waals surface area contributed by atoms with Gasteiger partial charge in [0.2, 0.25) is 0 Å². The summed E-state index contributed by atoms with van der Waals surface area (Å²) in [4.78, 5) is 10.3. The van der Waals surface area contributed by atoms with Gasteiger partial charge in [-0.3, -0.25) is 10.1 Å². The number of hydrogen-bond donors (Lipinski definition) is 1. The van der Waals surface area contributed by atoms with Crippen molar-refractivity contribution in [1.82, 2.24) is 0 Å². The number of nitrogens with one attached hydrogen (secondary N) is 1. The van der Waals surface area contributed by atoms with Crippen LogP contribution in [0.25, 0.3) is 0 Å². The molecule has 0 radical (unpaired) electrons. The van der Waals surface area contributed by atoms with Crippen molar-refractivity contribution in [3.8, 4) is 0 Å². The molecule has 0 saturated carbocycles. The third-order valence-electron chi connectivity index (χ3n) is 3.74. The Morgan fingerprint density at radius 2 is 1.74 bits per heavy atom. The number of nitro groups is 1. The number of sulfone groups is 1. The highest BCUT2D eigenvalue weighted by Crippen LogP contribution is 2.27. The molecule has 0 aliphatic rings. The van der Waals surface area contributed by atoms with Crippen LogP contribution in [0.2, 0.25) is 0 Å². The van der Waals surface area contributed by atoms with Gasteiger partial charge < -0.3 is 5.32 Å². The van der Waals surface area contributed by atoms with E-state index in [4.69, 9.17) is 0 Å². The van der Waals surface area contributed by atoms with Crippen molar-refractivity contribution in [2.45, 2.75) is 57.3 Å². The Morgan fingerprint density at radius 1 is 1.09 bits per heavy atom. The Bertz CT molecular complexity index is 615. The molecule has 0 amide bonds. The van der Waals surface area contributed by atoms with Crippen LogP contribution in [0, 0.1) is 10.1 Å². The van der Waals surface area contributed by atoms with Crippen LogP contribution in [0.15, 0.2) is 23.1 Å². The molecular weight excluding hydrogens is 316 g/mol. The highest BCUT2D eigenvalue weighted by atomic mass is 32.2. The largest absolute Gasteiger partial charge is 0.384 e. The summed E-state index contributed by atoms with van der Waals surface area (Å²) in [5.74, 6) is -0.0835. The van der Waals surface area contributed by atoms with E-state index in [-0.39, 0.29) is 16.3 Å². The van der Waals surface area contributed by atoms with Crippen LogP contribution >= 0.6 is 0 Å². The zero-order valence-corrected chi connectivity index (χ0v) is 14.7. The Morgan fingerprint density at radius 3 is 2.35 bits per heavy atom. The SMILES string of the molecule is CCCCCCCCNc1ccc([N+](=O)[O-])cc1S(=O)(=O)CC. The summed E-state index contributed by atoms with van der Waals surface area (Å²) in [5.41, 5.74) is 0.244. The number of rotatable bonds is 11. The molecular formula is C16H26N2O4S. The van der Waals surface area contributed by atoms with E-state index in [2.05, 4.69) is 12.2 Å². The van der Waals surface area contributed by atoms with Gasteiger partial charge in [-0.1, -0.05) is 46.0 Å². The molecule has 0 aliphatic carbocycles. The van der Waals surface area contributed by atoms with E-state index in [9.17, 15) is 18.5 Å². The van der Waals surface area contributed by atoms with Crippen LogP contribution in [-0.2, 0) is 9.84 Å². The van der Waals surface area contributed by atoms with E-state index >= 15 is 0 Å². The normalized spacial score (nSPS) is 11.4. The van der Waals surface area contributed by atoms with E-state index in [0.717, 1.165) is 18.9 Å². The van der Waals surface area contributed by atoms with Crippen molar-refractivity contribution >= 4 is 21.2 Å². The zero-order chi connectivity index (χ0) is 17.3. The second-order valence-corrected chi connectivity index (χ2v) is 7.78. The van der Waals surface area contributed by atoms with Gasteiger partial charge in [-0.05, 0) is 12.5 Å². The predicted octanol–water partition coefficient (Wildman–Crippen LogP) is 4.16. The van der Waals surface area contributed by atoms with Crippen LogP contribution in [0.3, 0.4) is 0 Å². The molecule has 0 saturated heterocycles. The van der Waals surface area contributed by atoms with Crippen molar-refractivity contribution in [3.05, 3.63) is 28.3 Å². The van der Waals surface area contributed by atoms with Crippen LogP contribution < -0.4 is 5.32 Å². The molecule has 0 heterocycles. The lowest BCUT2D eigenvalue weighted by Gasteiger charge is -2.12. The lowest BCUT2D eigenvalue weighted by molar-refractivity contribution is -0.385. The fourth-order valence-electron chi connectivity index (χ4n) is 2.31. The molecule has 0 aromatic heterocycles. The van der Waals surface area contributed by atoms with Gasteiger partial charge in [-0.25, -0.2) is 8.42 Å². The minimum absolute atomic E-state index is 0.0141. The summed E-state index contributed by atoms with van der Waals surface area (Å²) >= 11 is 0. The maximum absolute atomic E-state index is 12.1. The van der Waals surface area contributed by atoms with Gasteiger partial charge in [0, 0.05) is 18.7 Å². The summed E-state index contributed by atoms with van der Waals surface area (Å²) < 4.78 is 24.3. The van der Waals surface area contributed by atoms with E-state index in [1.165, 1.54) is 44.7 Å². The second kappa shape index (κ2) is 9.50. The van der Waals surface area contributed by atoms with Crippen LogP contribution in [-0.4, -0.2) is 25.6 Å². The number of unbranched alkanes of at least 4 members (excludes halogenated alkanes) is 5. The minimum Gasteiger partial charge on any atom is -0.384 e. The van der Waals surface area contributed by atoms with Gasteiger partial charge in [0.25, 0.3) is 5.69 Å². The maximum atomic E-state index is 12.1. The molecule has 0 spiro atoms. The van der Waals surface area contributed by atoms with Gasteiger partial charge in [-0.2, -0.15) is 0 Å². The minimum atomic E-state index is -3.51. The Hall–Kier alpha value is -1.63. The maximum Gasteiger partial charge on any atom is 0.270 e. The molecule has 0 aliphatic heterocycles. The van der Waals surface area contributed by atoms with Gasteiger partial charge >= 0.3 is 0 Å². The summed E-state index contributed by atoms with van der Waals surface area (Å²) in [6, 6.07) is 3.96. The molecule has 0 unspecified atom stereocenters. The van der Waals surface area contributed by atoms with E-state index in [1.807, 2.05) is 0 Å². The smallest absolute Gasteiger partial charge is 0.270 e.